The summed E-state index contributed by atoms with van der Waals surface area (Å²) in [5.41, 5.74) is 0.964. The van der Waals surface area contributed by atoms with E-state index < -0.39 is 24.4 Å². The molecular formula is C31H39F2N7O5. The highest BCUT2D eigenvalue weighted by Gasteiger charge is 2.39. The van der Waals surface area contributed by atoms with Gasteiger partial charge in [0.1, 0.15) is 18.0 Å². The molecule has 1 saturated carbocycles. The molecule has 1 atom stereocenters. The minimum Gasteiger partial charge on any atom is -0.474 e. The van der Waals surface area contributed by atoms with Crippen molar-refractivity contribution in [1.29, 1.82) is 0 Å². The van der Waals surface area contributed by atoms with Gasteiger partial charge in [-0.25, -0.2) is 18.6 Å². The molecule has 12 nitrogen and oxygen atoms in total. The number of hydrogen-bond donors (Lipinski definition) is 1. The Kier molecular flexibility index (Phi) is 9.57. The fraction of sp³-hybridized carbons (Fsp3) is 0.581. The van der Waals surface area contributed by atoms with Crippen LogP contribution in [0.1, 0.15) is 64.1 Å². The molecular weight excluding hydrogens is 588 g/mol. The average Bonchev–Trinajstić information content (AvgIpc) is 3.62. The standard InChI is InChI=1S/C31H39F2N7O5/c1-2-3-16-44-31(42)35-23-12-13-39(29(23)41)20-8-10-21(11-9-20)45-26-19-25(36-30(37-26)38-14-17-43-18-15-38)40-24-7-5-4-6-22(24)34-28(40)27(32)33/h4-7,19-21,23,27H,2-3,8-18H2,1H3,(H,35,42)/t20?,21?,23-/m1/s1. The smallest absolute Gasteiger partial charge is 0.407 e. The van der Waals surface area contributed by atoms with E-state index >= 15 is 0 Å². The van der Waals surface area contributed by atoms with Gasteiger partial charge in [-0.3, -0.25) is 9.36 Å². The number of unbranched alkanes of at least 4 members (excludes halogenated alkanes) is 1. The van der Waals surface area contributed by atoms with E-state index in [2.05, 4.69) is 15.3 Å². The lowest BCUT2D eigenvalue weighted by atomic mass is 9.92. The molecule has 1 N–H and O–H groups in total. The van der Waals surface area contributed by atoms with E-state index in [9.17, 15) is 18.4 Å². The summed E-state index contributed by atoms with van der Waals surface area (Å²) in [7, 11) is 0. The third kappa shape index (κ3) is 6.95. The first-order valence-corrected chi connectivity index (χ1v) is 15.8. The first-order chi connectivity index (χ1) is 21.9. The highest BCUT2D eigenvalue weighted by Crippen LogP contribution is 2.32. The van der Waals surface area contributed by atoms with Crippen molar-refractivity contribution in [1.82, 2.24) is 29.7 Å². The number of alkyl carbamates (subject to hydrolysis) is 1. The molecule has 14 heteroatoms. The first-order valence-electron chi connectivity index (χ1n) is 15.8. The monoisotopic (exact) mass is 627 g/mol. The second-order valence-corrected chi connectivity index (χ2v) is 11.6. The van der Waals surface area contributed by atoms with E-state index in [1.165, 1.54) is 4.57 Å². The Labute approximate surface area is 260 Å². The van der Waals surface area contributed by atoms with Gasteiger partial charge in [-0.05, 0) is 50.7 Å². The van der Waals surface area contributed by atoms with E-state index in [1.807, 2.05) is 16.7 Å². The van der Waals surface area contributed by atoms with Gasteiger partial charge in [0, 0.05) is 31.7 Å². The molecule has 3 aliphatic rings. The number of benzene rings is 1. The number of alkyl halides is 2. The molecule has 6 rings (SSSR count). The van der Waals surface area contributed by atoms with Crippen LogP contribution in [0.15, 0.2) is 30.3 Å². The molecule has 0 radical (unpaired) electrons. The Morgan fingerprint density at radius 1 is 1.07 bits per heavy atom. The van der Waals surface area contributed by atoms with E-state index in [0.29, 0.717) is 81.6 Å². The Balaban J connectivity index is 1.15. The number of ether oxygens (including phenoxy) is 3. The van der Waals surface area contributed by atoms with Crippen molar-refractivity contribution in [2.24, 2.45) is 0 Å². The van der Waals surface area contributed by atoms with Crippen LogP contribution in [0.25, 0.3) is 16.9 Å². The summed E-state index contributed by atoms with van der Waals surface area (Å²) in [6.45, 7) is 5.09. The number of carbonyl (C=O) groups excluding carboxylic acids is 2. The van der Waals surface area contributed by atoms with Crippen molar-refractivity contribution in [3.05, 3.63) is 36.2 Å². The fourth-order valence-corrected chi connectivity index (χ4v) is 6.25. The van der Waals surface area contributed by atoms with Gasteiger partial charge in [-0.2, -0.15) is 9.97 Å². The van der Waals surface area contributed by atoms with Gasteiger partial charge in [0.25, 0.3) is 6.43 Å². The number of morpholine rings is 1. The second kappa shape index (κ2) is 13.9. The normalized spacial score (nSPS) is 22.3. The van der Waals surface area contributed by atoms with Crippen LogP contribution in [0.2, 0.25) is 0 Å². The van der Waals surface area contributed by atoms with Crippen LogP contribution in [0.5, 0.6) is 5.88 Å². The van der Waals surface area contributed by atoms with Crippen molar-refractivity contribution in [3.63, 3.8) is 0 Å². The van der Waals surface area contributed by atoms with Crippen LogP contribution < -0.4 is 15.0 Å². The van der Waals surface area contributed by atoms with Crippen molar-refractivity contribution < 1.29 is 32.6 Å². The molecule has 0 bridgehead atoms. The summed E-state index contributed by atoms with van der Waals surface area (Å²) >= 11 is 0. The summed E-state index contributed by atoms with van der Waals surface area (Å²) in [6.07, 6.45) is 1.57. The van der Waals surface area contributed by atoms with E-state index in [0.717, 1.165) is 25.7 Å². The fourth-order valence-electron chi connectivity index (χ4n) is 6.25. The Bertz CT molecular complexity index is 1490. The third-order valence-corrected chi connectivity index (χ3v) is 8.62. The molecule has 4 heterocycles. The predicted molar refractivity (Wildman–Crippen MR) is 161 cm³/mol. The number of likely N-dealkylation sites (tertiary alicyclic amines) is 1. The number of imidazole rings is 1. The molecule has 3 aromatic rings. The number of rotatable bonds is 10. The van der Waals surface area contributed by atoms with E-state index in [4.69, 9.17) is 19.2 Å². The maximum atomic E-state index is 14.2. The number of anilines is 1. The summed E-state index contributed by atoms with van der Waals surface area (Å²) in [5, 5.41) is 2.71. The van der Waals surface area contributed by atoms with Crippen LogP contribution in [-0.4, -0.2) is 94.1 Å². The molecule has 2 amide bonds. The molecule has 2 aromatic heterocycles. The lowest BCUT2D eigenvalue weighted by molar-refractivity contribution is -0.132. The second-order valence-electron chi connectivity index (χ2n) is 11.6. The molecule has 3 fully saturated rings. The third-order valence-electron chi connectivity index (χ3n) is 8.62. The molecule has 1 aliphatic carbocycles. The minimum atomic E-state index is -2.81. The van der Waals surface area contributed by atoms with Gasteiger partial charge in [0.2, 0.25) is 17.7 Å². The highest BCUT2D eigenvalue weighted by atomic mass is 19.3. The topological polar surface area (TPSA) is 124 Å². The SMILES string of the molecule is CCCCOC(=O)N[C@@H]1CCN(C2CCC(Oc3cc(-n4c(C(F)F)nc5ccccc54)nc(N4CCOCC4)n3)CC2)C1=O. The number of carbonyl (C=O) groups is 2. The maximum absolute atomic E-state index is 14.2. The lowest BCUT2D eigenvalue weighted by Crippen LogP contribution is -2.46. The van der Waals surface area contributed by atoms with Gasteiger partial charge in [0.15, 0.2) is 5.82 Å². The largest absolute Gasteiger partial charge is 0.474 e. The van der Waals surface area contributed by atoms with Crippen LogP contribution in [-0.2, 0) is 14.3 Å². The number of para-hydroxylation sites is 2. The predicted octanol–water partition coefficient (Wildman–Crippen LogP) is 4.41. The first kappa shape index (κ1) is 30.9. The van der Waals surface area contributed by atoms with E-state index in [-0.39, 0.29) is 23.9 Å². The van der Waals surface area contributed by atoms with Crippen LogP contribution >= 0.6 is 0 Å². The van der Waals surface area contributed by atoms with Crippen LogP contribution in [0.4, 0.5) is 19.5 Å². The van der Waals surface area contributed by atoms with Crippen molar-refractivity contribution in [3.8, 4) is 11.7 Å². The number of aromatic nitrogens is 4. The zero-order chi connectivity index (χ0) is 31.3. The van der Waals surface area contributed by atoms with Crippen molar-refractivity contribution in [2.75, 3.05) is 44.4 Å². The number of fused-ring (bicyclic) bond motifs is 1. The lowest BCUT2D eigenvalue weighted by Gasteiger charge is -2.34. The van der Waals surface area contributed by atoms with Gasteiger partial charge >= 0.3 is 6.09 Å². The molecule has 0 unspecified atom stereocenters. The highest BCUT2D eigenvalue weighted by molar-refractivity contribution is 5.87. The number of halogens is 2. The van der Waals surface area contributed by atoms with Crippen molar-refractivity contribution in [2.45, 2.75) is 76.5 Å². The summed E-state index contributed by atoms with van der Waals surface area (Å²) in [4.78, 5) is 42.5. The summed E-state index contributed by atoms with van der Waals surface area (Å²) in [5.74, 6) is 0.461. The van der Waals surface area contributed by atoms with Crippen molar-refractivity contribution >= 4 is 29.0 Å². The number of nitrogens with one attached hydrogen (secondary N) is 1. The quantitative estimate of drug-likeness (QED) is 0.326. The summed E-state index contributed by atoms with van der Waals surface area (Å²) < 4.78 is 46.8. The number of hydrogen-bond acceptors (Lipinski definition) is 9. The number of nitrogens with zero attached hydrogens (tertiary/aromatic N) is 6. The molecule has 0 spiro atoms. The average molecular weight is 628 g/mol. The summed E-state index contributed by atoms with van der Waals surface area (Å²) in [6, 6.07) is 8.05. The van der Waals surface area contributed by atoms with Gasteiger partial charge in [0.05, 0.1) is 30.9 Å². The van der Waals surface area contributed by atoms with Crippen LogP contribution in [0, 0.1) is 0 Å². The molecule has 2 saturated heterocycles. The molecule has 242 valence electrons. The van der Waals surface area contributed by atoms with Gasteiger partial charge in [-0.15, -0.1) is 0 Å². The Hall–Kier alpha value is -4.07. The number of amides is 2. The molecule has 45 heavy (non-hydrogen) atoms. The Morgan fingerprint density at radius 2 is 1.84 bits per heavy atom. The maximum Gasteiger partial charge on any atom is 0.407 e. The van der Waals surface area contributed by atoms with Gasteiger partial charge < -0.3 is 29.3 Å². The van der Waals surface area contributed by atoms with E-state index in [1.54, 1.807) is 30.3 Å². The Morgan fingerprint density at radius 3 is 2.60 bits per heavy atom. The zero-order valence-electron chi connectivity index (χ0n) is 25.4. The molecule has 2 aliphatic heterocycles. The minimum absolute atomic E-state index is 0.0519. The van der Waals surface area contributed by atoms with Gasteiger partial charge in [-0.1, -0.05) is 25.5 Å². The molecule has 1 aromatic carbocycles. The zero-order valence-corrected chi connectivity index (χ0v) is 25.4. The van der Waals surface area contributed by atoms with Crippen LogP contribution in [0.3, 0.4) is 0 Å².